The van der Waals surface area contributed by atoms with E-state index in [2.05, 4.69) is 26.2 Å². The van der Waals surface area contributed by atoms with E-state index in [0.717, 1.165) is 15.8 Å². The van der Waals surface area contributed by atoms with Crippen molar-refractivity contribution in [2.24, 2.45) is 0 Å². The maximum absolute atomic E-state index is 13.4. The molecule has 1 N–H and O–H groups in total. The van der Waals surface area contributed by atoms with Crippen molar-refractivity contribution in [1.29, 1.82) is 0 Å². The van der Waals surface area contributed by atoms with Gasteiger partial charge in [0.1, 0.15) is 11.6 Å². The third kappa shape index (κ3) is 3.64. The van der Waals surface area contributed by atoms with Gasteiger partial charge in [-0.1, -0.05) is 34.1 Å². The second-order valence-corrected chi connectivity index (χ2v) is 6.18. The number of methoxy groups -OCH3 is 1. The number of aromatic nitrogens is 1. The fourth-order valence-corrected chi connectivity index (χ4v) is 2.74. The van der Waals surface area contributed by atoms with Gasteiger partial charge in [0.15, 0.2) is 0 Å². The van der Waals surface area contributed by atoms with Crippen molar-refractivity contribution < 1.29 is 13.5 Å². The molecule has 0 saturated carbocycles. The second kappa shape index (κ2) is 7.13. The molecule has 0 aliphatic heterocycles. The van der Waals surface area contributed by atoms with E-state index in [1.807, 2.05) is 36.4 Å². The molecular formula is C18H15BrF2N2O. The van der Waals surface area contributed by atoms with Gasteiger partial charge in [-0.25, -0.2) is 13.8 Å². The number of ether oxygens (including phenoxy) is 1. The van der Waals surface area contributed by atoms with Crippen molar-refractivity contribution in [3.05, 3.63) is 64.1 Å². The first kappa shape index (κ1) is 16.6. The van der Waals surface area contributed by atoms with Crippen LogP contribution in [0.15, 0.2) is 53.0 Å². The largest absolute Gasteiger partial charge is 0.497 e. The first-order valence-corrected chi connectivity index (χ1v) is 8.11. The number of fused-ring (bicyclic) bond motifs is 1. The van der Waals surface area contributed by atoms with Crippen LogP contribution >= 0.6 is 15.9 Å². The van der Waals surface area contributed by atoms with Crippen molar-refractivity contribution in [3.8, 4) is 5.75 Å². The number of rotatable bonds is 5. The van der Waals surface area contributed by atoms with Gasteiger partial charge in [-0.15, -0.1) is 0 Å². The maximum Gasteiger partial charge on any atom is 0.267 e. The molecule has 0 atom stereocenters. The molecule has 3 nitrogen and oxygen atoms in total. The van der Waals surface area contributed by atoms with Crippen molar-refractivity contribution >= 4 is 32.7 Å². The van der Waals surface area contributed by atoms with Gasteiger partial charge in [-0.05, 0) is 35.9 Å². The summed E-state index contributed by atoms with van der Waals surface area (Å²) >= 11 is 3.37. The summed E-state index contributed by atoms with van der Waals surface area (Å²) in [7, 11) is 1.60. The van der Waals surface area contributed by atoms with Crippen LogP contribution in [-0.4, -0.2) is 12.1 Å². The van der Waals surface area contributed by atoms with Crippen LogP contribution in [0.25, 0.3) is 10.9 Å². The Labute approximate surface area is 146 Å². The standard InChI is InChI=1S/C18H15BrF2N2O/c1-24-14-6-2-11(3-7-14)10-22-18-15(17(20)21)8-12-4-5-13(19)9-16(12)23-18/h2-9,17H,10H2,1H3,(H,22,23). The third-order valence-electron chi connectivity index (χ3n) is 3.66. The van der Waals surface area contributed by atoms with Crippen LogP contribution in [-0.2, 0) is 6.54 Å². The van der Waals surface area contributed by atoms with Crippen LogP contribution in [0.5, 0.6) is 5.75 Å². The monoisotopic (exact) mass is 392 g/mol. The minimum Gasteiger partial charge on any atom is -0.497 e. The van der Waals surface area contributed by atoms with Crippen molar-refractivity contribution in [2.75, 3.05) is 12.4 Å². The lowest BCUT2D eigenvalue weighted by Crippen LogP contribution is -2.05. The zero-order valence-corrected chi connectivity index (χ0v) is 14.5. The zero-order chi connectivity index (χ0) is 17.1. The number of benzene rings is 2. The normalized spacial score (nSPS) is 11.0. The zero-order valence-electron chi connectivity index (χ0n) is 12.9. The van der Waals surface area contributed by atoms with Crippen LogP contribution in [0.2, 0.25) is 0 Å². The molecule has 0 aliphatic rings. The summed E-state index contributed by atoms with van der Waals surface area (Å²) in [6.07, 6.45) is -2.59. The molecule has 3 rings (SSSR count). The molecule has 6 heteroatoms. The van der Waals surface area contributed by atoms with Gasteiger partial charge in [0, 0.05) is 16.4 Å². The molecule has 3 aromatic rings. The molecule has 2 aromatic carbocycles. The van der Waals surface area contributed by atoms with Gasteiger partial charge in [0.05, 0.1) is 18.2 Å². The quantitative estimate of drug-likeness (QED) is 0.617. The molecule has 0 fully saturated rings. The number of pyridine rings is 1. The Kier molecular flexibility index (Phi) is 4.94. The van der Waals surface area contributed by atoms with Crippen molar-refractivity contribution in [1.82, 2.24) is 4.98 Å². The third-order valence-corrected chi connectivity index (χ3v) is 4.16. The van der Waals surface area contributed by atoms with Gasteiger partial charge in [0.25, 0.3) is 6.43 Å². The number of alkyl halides is 2. The van der Waals surface area contributed by atoms with E-state index in [0.29, 0.717) is 17.4 Å². The van der Waals surface area contributed by atoms with Gasteiger partial charge in [-0.3, -0.25) is 0 Å². The number of nitrogens with one attached hydrogen (secondary N) is 1. The summed E-state index contributed by atoms with van der Waals surface area (Å²) in [6.45, 7) is 0.399. The molecule has 0 spiro atoms. The van der Waals surface area contributed by atoms with Crippen LogP contribution in [0, 0.1) is 0 Å². The molecule has 0 bridgehead atoms. The Hall–Kier alpha value is -2.21. The number of anilines is 1. The van der Waals surface area contributed by atoms with Crippen LogP contribution < -0.4 is 10.1 Å². The molecule has 0 amide bonds. The van der Waals surface area contributed by atoms with E-state index in [1.54, 1.807) is 13.2 Å². The van der Waals surface area contributed by atoms with E-state index in [9.17, 15) is 8.78 Å². The first-order valence-electron chi connectivity index (χ1n) is 7.32. The molecule has 0 aliphatic carbocycles. The minimum absolute atomic E-state index is 0.0988. The molecule has 1 heterocycles. The number of halogens is 3. The lowest BCUT2D eigenvalue weighted by atomic mass is 10.1. The summed E-state index contributed by atoms with van der Waals surface area (Å²) < 4.78 is 32.7. The van der Waals surface area contributed by atoms with E-state index < -0.39 is 6.43 Å². The second-order valence-electron chi connectivity index (χ2n) is 5.27. The predicted octanol–water partition coefficient (Wildman–Crippen LogP) is 5.56. The predicted molar refractivity (Wildman–Crippen MR) is 94.7 cm³/mol. The van der Waals surface area contributed by atoms with Crippen LogP contribution in [0.1, 0.15) is 17.6 Å². The maximum atomic E-state index is 13.4. The average Bonchev–Trinajstić information content (AvgIpc) is 2.59. The Morgan fingerprint density at radius 2 is 1.88 bits per heavy atom. The fraction of sp³-hybridized carbons (Fsp3) is 0.167. The summed E-state index contributed by atoms with van der Waals surface area (Å²) in [6, 6.07) is 14.3. The smallest absolute Gasteiger partial charge is 0.267 e. The van der Waals surface area contributed by atoms with Gasteiger partial charge < -0.3 is 10.1 Å². The number of nitrogens with zero attached hydrogens (tertiary/aromatic N) is 1. The fourth-order valence-electron chi connectivity index (χ4n) is 2.39. The topological polar surface area (TPSA) is 34.1 Å². The first-order chi connectivity index (χ1) is 11.6. The highest BCUT2D eigenvalue weighted by Gasteiger charge is 2.16. The molecule has 0 saturated heterocycles. The Bertz CT molecular complexity index is 854. The Morgan fingerprint density at radius 3 is 2.54 bits per heavy atom. The SMILES string of the molecule is COc1ccc(CNc2nc3cc(Br)ccc3cc2C(F)F)cc1. The van der Waals surface area contributed by atoms with Crippen LogP contribution in [0.4, 0.5) is 14.6 Å². The van der Waals surface area contributed by atoms with Crippen molar-refractivity contribution in [2.45, 2.75) is 13.0 Å². The molecule has 0 radical (unpaired) electrons. The van der Waals surface area contributed by atoms with Gasteiger partial charge >= 0.3 is 0 Å². The van der Waals surface area contributed by atoms with E-state index >= 15 is 0 Å². The molecule has 0 unspecified atom stereocenters. The van der Waals surface area contributed by atoms with Crippen molar-refractivity contribution in [3.63, 3.8) is 0 Å². The average molecular weight is 393 g/mol. The molecule has 1 aromatic heterocycles. The van der Waals surface area contributed by atoms with E-state index in [4.69, 9.17) is 4.74 Å². The molecular weight excluding hydrogens is 378 g/mol. The highest BCUT2D eigenvalue weighted by atomic mass is 79.9. The van der Waals surface area contributed by atoms with Gasteiger partial charge in [0.2, 0.25) is 0 Å². The summed E-state index contributed by atoms with van der Waals surface area (Å²) in [5.74, 6) is 0.951. The highest BCUT2D eigenvalue weighted by molar-refractivity contribution is 9.10. The Morgan fingerprint density at radius 1 is 1.12 bits per heavy atom. The Balaban J connectivity index is 1.89. The summed E-state index contributed by atoms with van der Waals surface area (Å²) in [5, 5.41) is 3.70. The molecule has 124 valence electrons. The van der Waals surface area contributed by atoms with Gasteiger partial charge in [-0.2, -0.15) is 0 Å². The number of hydrogen-bond acceptors (Lipinski definition) is 3. The van der Waals surface area contributed by atoms with E-state index in [-0.39, 0.29) is 11.4 Å². The summed E-state index contributed by atoms with van der Waals surface area (Å²) in [5.41, 5.74) is 1.51. The lowest BCUT2D eigenvalue weighted by molar-refractivity contribution is 0.152. The molecule has 24 heavy (non-hydrogen) atoms. The number of hydrogen-bond donors (Lipinski definition) is 1. The lowest BCUT2D eigenvalue weighted by Gasteiger charge is -2.13. The van der Waals surface area contributed by atoms with E-state index in [1.165, 1.54) is 6.07 Å². The highest BCUT2D eigenvalue weighted by Crippen LogP contribution is 2.30. The van der Waals surface area contributed by atoms with Crippen LogP contribution in [0.3, 0.4) is 0 Å². The minimum atomic E-state index is -2.59. The summed E-state index contributed by atoms with van der Waals surface area (Å²) in [4.78, 5) is 4.36.